The van der Waals surface area contributed by atoms with Crippen LogP contribution in [0.1, 0.15) is 6.92 Å². The van der Waals surface area contributed by atoms with Crippen molar-refractivity contribution < 1.29 is 14.3 Å². The van der Waals surface area contributed by atoms with Crippen molar-refractivity contribution in [2.24, 2.45) is 0 Å². The third-order valence-electron chi connectivity index (χ3n) is 0.383. The van der Waals surface area contributed by atoms with Gasteiger partial charge < -0.3 is 4.74 Å². The van der Waals surface area contributed by atoms with Crippen LogP contribution in [0, 0.1) is 0 Å². The number of ether oxygens (including phenoxy) is 1. The molecule has 0 aromatic carbocycles. The fraction of sp³-hybridized carbons (Fsp3) is 0.500. The molecule has 0 heterocycles. The van der Waals surface area contributed by atoms with Crippen molar-refractivity contribution in [3.8, 4) is 0 Å². The second-order valence-corrected chi connectivity index (χ2v) is 0.870. The highest BCUT2D eigenvalue weighted by Crippen LogP contribution is 1.68. The van der Waals surface area contributed by atoms with Crippen LogP contribution in [0.2, 0.25) is 0 Å². The minimum Gasteiger partial charge on any atom is -0.460 e. The molecule has 0 spiro atoms. The Morgan fingerprint density at radius 1 is 1.86 bits per heavy atom. The average molecular weight is 106 g/mol. The van der Waals surface area contributed by atoms with Gasteiger partial charge >= 0.3 is 5.97 Å². The van der Waals surface area contributed by atoms with Gasteiger partial charge in [0.25, 0.3) is 0 Å². The van der Waals surface area contributed by atoms with Crippen LogP contribution < -0.4 is 0 Å². The fourth-order valence-electron chi connectivity index (χ4n) is 0.176. The molecule has 0 saturated carbocycles. The Morgan fingerprint density at radius 2 is 2.43 bits per heavy atom. The molecule has 3 nitrogen and oxygen atoms in total. The summed E-state index contributed by atoms with van der Waals surface area (Å²) in [5.74, 6) is -0.803. The van der Waals surface area contributed by atoms with E-state index in [1.807, 2.05) is 0 Å². The molecule has 0 atom stereocenters. The van der Waals surface area contributed by atoms with E-state index in [9.17, 15) is 9.59 Å². The van der Waals surface area contributed by atoms with Crippen LogP contribution in [0.15, 0.2) is 0 Å². The van der Waals surface area contributed by atoms with E-state index in [1.165, 1.54) is 0 Å². The molecule has 0 aliphatic heterocycles. The summed E-state index contributed by atoms with van der Waals surface area (Å²) in [6.45, 7) is 1.90. The van der Waals surface area contributed by atoms with Crippen LogP contribution in [-0.4, -0.2) is 18.9 Å². The van der Waals surface area contributed by atoms with Crippen molar-refractivity contribution in [3.63, 3.8) is 0 Å². The summed E-state index contributed by atoms with van der Waals surface area (Å²) in [5, 5.41) is 0. The Kier molecular flexibility index (Phi) is 2.92. The van der Waals surface area contributed by atoms with Crippen LogP contribution in [0.4, 0.5) is 0 Å². The number of aldehydes is 1. The second-order valence-electron chi connectivity index (χ2n) is 0.870. The molecule has 40 valence electrons. The zero-order valence-electron chi connectivity index (χ0n) is 4.01. The quantitative estimate of drug-likeness (QED) is 0.211. The Labute approximate surface area is 41.3 Å². The first-order valence-electron chi connectivity index (χ1n) is 1.93. The topological polar surface area (TPSA) is 43.4 Å². The van der Waals surface area contributed by atoms with Crippen LogP contribution in [0.3, 0.4) is 0 Å². The van der Waals surface area contributed by atoms with Crippen LogP contribution in [0.5, 0.6) is 0 Å². The number of carbonyl (C=O) groups is 2. The Hall–Kier alpha value is -0.860. The van der Waals surface area contributed by atoms with Crippen molar-refractivity contribution in [1.82, 2.24) is 0 Å². The van der Waals surface area contributed by atoms with Crippen LogP contribution >= 0.6 is 0 Å². The first-order chi connectivity index (χ1) is 3.31. The molecule has 0 fully saturated rings. The molecule has 0 unspecified atom stereocenters. The van der Waals surface area contributed by atoms with E-state index in [4.69, 9.17) is 0 Å². The summed E-state index contributed by atoms with van der Waals surface area (Å²) in [6, 6.07) is 0. The number of hydrogen-bond donors (Lipinski definition) is 0. The number of carbonyl (C=O) groups excluding carboxylic acids is 2. The smallest absolute Gasteiger partial charge is 0.371 e. The molecular weight excluding hydrogens is 100 g/mol. The van der Waals surface area contributed by atoms with Gasteiger partial charge in [-0.15, -0.1) is 0 Å². The lowest BCUT2D eigenvalue weighted by atomic mass is 11.7. The summed E-state index contributed by atoms with van der Waals surface area (Å²) in [4.78, 5) is 19.2. The van der Waals surface area contributed by atoms with Gasteiger partial charge in [0.15, 0.2) is 0 Å². The van der Waals surface area contributed by atoms with Gasteiger partial charge in [0, 0.05) is 0 Å². The molecule has 0 aromatic rings. The molecule has 3 heteroatoms. The van der Waals surface area contributed by atoms with E-state index in [-0.39, 0.29) is 12.9 Å². The molecule has 0 rings (SSSR count). The predicted molar refractivity (Wildman–Crippen MR) is 22.7 cm³/mol. The van der Waals surface area contributed by atoms with Crippen LogP contribution in [-0.2, 0) is 14.3 Å². The summed E-state index contributed by atoms with van der Waals surface area (Å²) in [7, 11) is 0. The maximum atomic E-state index is 9.82. The van der Waals surface area contributed by atoms with Gasteiger partial charge in [0.05, 0.1) is 6.61 Å². The number of rotatable bonds is 2. The molecule has 0 N–H and O–H groups in total. The maximum Gasteiger partial charge on any atom is 0.371 e. The van der Waals surface area contributed by atoms with E-state index in [1.54, 1.807) is 6.92 Å². The average Bonchev–Trinajstić information content (AvgIpc) is 1.68. The van der Waals surface area contributed by atoms with Crippen molar-refractivity contribution in [2.45, 2.75) is 6.92 Å². The van der Waals surface area contributed by atoms with Gasteiger partial charge in [-0.05, 0) is 6.92 Å². The predicted octanol–water partition coefficient (Wildman–Crippen LogP) is -0.252. The highest BCUT2D eigenvalue weighted by Gasteiger charge is 1.91. The zero-order chi connectivity index (χ0) is 5.70. The largest absolute Gasteiger partial charge is 0.460 e. The van der Waals surface area contributed by atoms with Gasteiger partial charge in [-0.3, -0.25) is 4.79 Å². The molecule has 0 bridgehead atoms. The fourth-order valence-corrected chi connectivity index (χ4v) is 0.176. The van der Waals surface area contributed by atoms with E-state index < -0.39 is 5.97 Å². The van der Waals surface area contributed by atoms with Gasteiger partial charge in [-0.1, -0.05) is 0 Å². The summed E-state index contributed by atoms with van der Waals surface area (Å²) < 4.78 is 4.18. The summed E-state index contributed by atoms with van der Waals surface area (Å²) in [6.07, 6.45) is 0.142. The third-order valence-corrected chi connectivity index (χ3v) is 0.383. The molecule has 0 aliphatic carbocycles. The molecule has 0 amide bonds. The Morgan fingerprint density at radius 3 is 2.57 bits per heavy atom. The van der Waals surface area contributed by atoms with Gasteiger partial charge in [0.2, 0.25) is 6.29 Å². The molecular formula is C4H6O3. The molecule has 0 saturated heterocycles. The second kappa shape index (κ2) is 3.33. The third kappa shape index (κ3) is 2.96. The lowest BCUT2D eigenvalue weighted by Crippen LogP contribution is -2.03. The molecule has 7 heavy (non-hydrogen) atoms. The number of esters is 1. The van der Waals surface area contributed by atoms with E-state index >= 15 is 0 Å². The summed E-state index contributed by atoms with van der Waals surface area (Å²) >= 11 is 0. The first kappa shape index (κ1) is 6.14. The highest BCUT2D eigenvalue weighted by atomic mass is 16.7. The lowest BCUT2D eigenvalue weighted by molar-refractivity contribution is -0.148. The molecule has 0 radical (unpaired) electrons. The van der Waals surface area contributed by atoms with E-state index in [2.05, 4.69) is 4.74 Å². The zero-order valence-corrected chi connectivity index (χ0v) is 4.01. The van der Waals surface area contributed by atoms with Crippen molar-refractivity contribution in [2.75, 3.05) is 6.61 Å². The number of hydrogen-bond acceptors (Lipinski definition) is 3. The van der Waals surface area contributed by atoms with Crippen molar-refractivity contribution in [3.05, 3.63) is 0 Å². The highest BCUT2D eigenvalue weighted by molar-refractivity contribution is 6.20. The minimum atomic E-state index is -0.803. The van der Waals surface area contributed by atoms with Gasteiger partial charge in [-0.2, -0.15) is 0 Å². The normalized spacial score (nSPS) is 7.57. The van der Waals surface area contributed by atoms with E-state index in [0.717, 1.165) is 0 Å². The Bertz CT molecular complexity index is 77.0. The molecule has 0 aliphatic rings. The lowest BCUT2D eigenvalue weighted by Gasteiger charge is -1.88. The van der Waals surface area contributed by atoms with Crippen molar-refractivity contribution >= 4 is 12.3 Å². The first-order valence-corrected chi connectivity index (χ1v) is 1.93. The van der Waals surface area contributed by atoms with Gasteiger partial charge in [0.1, 0.15) is 0 Å². The monoisotopic (exact) mass is 106 g/mol. The molecule has 0 aromatic heterocycles. The maximum absolute atomic E-state index is 9.82. The van der Waals surface area contributed by atoms with E-state index in [0.29, 0.717) is 0 Å². The minimum absolute atomic E-state index is 0.142. The van der Waals surface area contributed by atoms with Crippen LogP contribution in [0.25, 0.3) is 0 Å². The Balaban J connectivity index is 3.17. The van der Waals surface area contributed by atoms with Crippen molar-refractivity contribution in [1.29, 1.82) is 0 Å². The summed E-state index contributed by atoms with van der Waals surface area (Å²) in [5.41, 5.74) is 0. The standard InChI is InChI=1S/C4H6O3/c1-2-7-4(6)3-5/h3H,2H2,1H3/i1+1,2+1,3+1,4+1. The SMILES string of the molecule is [13CH3][13CH2]O[13C](=O)[13CH]=O. The van der Waals surface area contributed by atoms with Gasteiger partial charge in [-0.25, -0.2) is 4.79 Å².